The molecule has 0 saturated carbocycles. The number of carboxylic acids is 1. The van der Waals surface area contributed by atoms with Crippen LogP contribution < -0.4 is 0 Å². The lowest BCUT2D eigenvalue weighted by atomic mass is 10.2. The Morgan fingerprint density at radius 3 is 2.82 bits per heavy atom. The second kappa shape index (κ2) is 2.84. The van der Waals surface area contributed by atoms with Gasteiger partial charge in [0, 0.05) is 6.20 Å². The summed E-state index contributed by atoms with van der Waals surface area (Å²) in [4.78, 5) is 13.2. The van der Waals surface area contributed by atoms with Crippen LogP contribution >= 0.6 is 12.2 Å². The third kappa shape index (κ3) is 1.65. The van der Waals surface area contributed by atoms with Crippen LogP contribution in [0.2, 0.25) is 0 Å². The molecule has 0 unspecified atom stereocenters. The molecular weight excluding hydrogens is 162 g/mol. The highest BCUT2D eigenvalue weighted by atomic mass is 32.1. The number of aromatic amines is 1. The van der Waals surface area contributed by atoms with Gasteiger partial charge in [0.2, 0.25) is 0 Å². The van der Waals surface area contributed by atoms with Crippen molar-refractivity contribution >= 4 is 18.2 Å². The minimum Gasteiger partial charge on any atom is -0.478 e. The molecule has 0 aliphatic carbocycles. The number of H-pyrrole nitrogens is 1. The third-order valence-corrected chi connectivity index (χ3v) is 1.62. The zero-order valence-corrected chi connectivity index (χ0v) is 6.73. The lowest BCUT2D eigenvalue weighted by Gasteiger charge is -1.95. The van der Waals surface area contributed by atoms with Crippen molar-refractivity contribution in [2.24, 2.45) is 0 Å². The Kier molecular flexibility index (Phi) is 2.05. The van der Waals surface area contributed by atoms with Crippen LogP contribution in [0.4, 0.5) is 0 Å². The second-order valence-corrected chi connectivity index (χ2v) is 2.63. The Labute approximate surface area is 68.7 Å². The molecule has 1 aromatic heterocycles. The van der Waals surface area contributed by atoms with Gasteiger partial charge in [-0.3, -0.25) is 0 Å². The average molecular weight is 169 g/mol. The van der Waals surface area contributed by atoms with E-state index in [2.05, 4.69) is 4.98 Å². The number of carbonyl (C=O) groups is 1. The molecule has 0 amide bonds. The van der Waals surface area contributed by atoms with Crippen molar-refractivity contribution in [2.45, 2.75) is 6.92 Å². The van der Waals surface area contributed by atoms with Gasteiger partial charge in [-0.2, -0.15) is 0 Å². The van der Waals surface area contributed by atoms with Crippen molar-refractivity contribution in [3.05, 3.63) is 28.0 Å². The molecule has 0 aliphatic rings. The molecule has 0 spiro atoms. The molecule has 1 rings (SSSR count). The molecule has 3 nitrogen and oxygen atoms in total. The van der Waals surface area contributed by atoms with Crippen molar-refractivity contribution < 1.29 is 9.90 Å². The number of rotatable bonds is 1. The van der Waals surface area contributed by atoms with Gasteiger partial charge in [0.25, 0.3) is 0 Å². The van der Waals surface area contributed by atoms with Crippen LogP contribution in [0, 0.1) is 11.6 Å². The van der Waals surface area contributed by atoms with Crippen LogP contribution in [0.25, 0.3) is 0 Å². The van der Waals surface area contributed by atoms with Crippen LogP contribution in [0.5, 0.6) is 0 Å². The fourth-order valence-corrected chi connectivity index (χ4v) is 0.956. The smallest absolute Gasteiger partial charge is 0.338 e. The summed E-state index contributed by atoms with van der Waals surface area (Å²) in [5.74, 6) is -0.991. The minimum atomic E-state index is -0.991. The Morgan fingerprint density at radius 1 is 1.73 bits per heavy atom. The van der Waals surface area contributed by atoms with Gasteiger partial charge in [-0.15, -0.1) is 0 Å². The standard InChI is InChI=1S/C7H7NO2S/c1-4-2-5(7(9)10)6(11)8-3-4/h2-3H,1H3,(H,8,11)(H,9,10). The molecule has 2 N–H and O–H groups in total. The molecule has 0 aliphatic heterocycles. The Hall–Kier alpha value is -1.16. The van der Waals surface area contributed by atoms with E-state index in [9.17, 15) is 4.79 Å². The zero-order chi connectivity index (χ0) is 8.43. The maximum absolute atomic E-state index is 10.5. The Bertz CT molecular complexity index is 343. The molecule has 0 saturated heterocycles. The van der Waals surface area contributed by atoms with Crippen molar-refractivity contribution in [3.8, 4) is 0 Å². The summed E-state index contributed by atoms with van der Waals surface area (Å²) in [6.07, 6.45) is 1.68. The molecule has 58 valence electrons. The number of aryl methyl sites for hydroxylation is 1. The Morgan fingerprint density at radius 2 is 2.36 bits per heavy atom. The number of aromatic nitrogens is 1. The SMILES string of the molecule is Cc1c[nH]c(=S)c(C(=O)O)c1. The minimum absolute atomic E-state index is 0.153. The molecule has 0 radical (unpaired) electrons. The molecule has 1 aromatic rings. The normalized spacial score (nSPS) is 9.55. The number of hydrogen-bond donors (Lipinski definition) is 2. The van der Waals surface area contributed by atoms with Crippen LogP contribution in [0.15, 0.2) is 12.3 Å². The number of aromatic carboxylic acids is 1. The average Bonchev–Trinajstić information content (AvgIpc) is 1.94. The fourth-order valence-electron chi connectivity index (χ4n) is 0.751. The highest BCUT2D eigenvalue weighted by molar-refractivity contribution is 7.71. The summed E-state index contributed by atoms with van der Waals surface area (Å²) in [6.45, 7) is 1.80. The first-order valence-corrected chi connectivity index (χ1v) is 3.44. The van der Waals surface area contributed by atoms with E-state index in [1.807, 2.05) is 0 Å². The summed E-state index contributed by atoms with van der Waals surface area (Å²) in [5.41, 5.74) is 1.01. The first-order chi connectivity index (χ1) is 5.11. The van der Waals surface area contributed by atoms with E-state index >= 15 is 0 Å². The van der Waals surface area contributed by atoms with E-state index in [4.69, 9.17) is 17.3 Å². The predicted octanol–water partition coefficient (Wildman–Crippen LogP) is 1.75. The Balaban J connectivity index is 3.35. The molecule has 4 heteroatoms. The van der Waals surface area contributed by atoms with Gasteiger partial charge in [0.1, 0.15) is 4.64 Å². The summed E-state index contributed by atoms with van der Waals surface area (Å²) in [7, 11) is 0. The van der Waals surface area contributed by atoms with Crippen LogP contribution in [-0.2, 0) is 0 Å². The van der Waals surface area contributed by atoms with E-state index in [1.165, 1.54) is 0 Å². The quantitative estimate of drug-likeness (QED) is 0.630. The number of carboxylic acid groups (broad SMARTS) is 1. The van der Waals surface area contributed by atoms with Gasteiger partial charge < -0.3 is 10.1 Å². The monoisotopic (exact) mass is 169 g/mol. The lowest BCUT2D eigenvalue weighted by molar-refractivity contribution is 0.0695. The van der Waals surface area contributed by atoms with Gasteiger partial charge in [-0.05, 0) is 18.6 Å². The molecule has 0 aromatic carbocycles. The first kappa shape index (κ1) is 7.94. The largest absolute Gasteiger partial charge is 0.478 e. The maximum atomic E-state index is 10.5. The van der Waals surface area contributed by atoms with E-state index in [0.717, 1.165) is 5.56 Å². The topological polar surface area (TPSA) is 53.1 Å². The highest BCUT2D eigenvalue weighted by Crippen LogP contribution is 2.03. The zero-order valence-electron chi connectivity index (χ0n) is 5.92. The van der Waals surface area contributed by atoms with E-state index in [-0.39, 0.29) is 10.2 Å². The predicted molar refractivity (Wildman–Crippen MR) is 43.3 cm³/mol. The van der Waals surface area contributed by atoms with Crippen LogP contribution in [-0.4, -0.2) is 16.1 Å². The first-order valence-electron chi connectivity index (χ1n) is 3.04. The maximum Gasteiger partial charge on any atom is 0.338 e. The number of hydrogen-bond acceptors (Lipinski definition) is 2. The summed E-state index contributed by atoms with van der Waals surface area (Å²) >= 11 is 4.75. The van der Waals surface area contributed by atoms with Gasteiger partial charge in [-0.1, -0.05) is 12.2 Å². The lowest BCUT2D eigenvalue weighted by Crippen LogP contribution is -1.98. The molecule has 11 heavy (non-hydrogen) atoms. The van der Waals surface area contributed by atoms with Gasteiger partial charge in [0.05, 0.1) is 5.56 Å². The van der Waals surface area contributed by atoms with Crippen molar-refractivity contribution in [1.29, 1.82) is 0 Å². The number of pyridine rings is 1. The molecule has 1 heterocycles. The van der Waals surface area contributed by atoms with Crippen LogP contribution in [0.1, 0.15) is 15.9 Å². The van der Waals surface area contributed by atoms with Gasteiger partial charge in [-0.25, -0.2) is 4.79 Å². The van der Waals surface area contributed by atoms with E-state index in [1.54, 1.807) is 19.2 Å². The van der Waals surface area contributed by atoms with Crippen molar-refractivity contribution in [1.82, 2.24) is 4.98 Å². The van der Waals surface area contributed by atoms with Crippen molar-refractivity contribution in [3.63, 3.8) is 0 Å². The third-order valence-electron chi connectivity index (χ3n) is 1.28. The fraction of sp³-hybridized carbons (Fsp3) is 0.143. The molecule has 0 fully saturated rings. The van der Waals surface area contributed by atoms with Crippen molar-refractivity contribution in [2.75, 3.05) is 0 Å². The van der Waals surface area contributed by atoms with Gasteiger partial charge >= 0.3 is 5.97 Å². The van der Waals surface area contributed by atoms with E-state index < -0.39 is 5.97 Å². The summed E-state index contributed by atoms with van der Waals surface area (Å²) in [5, 5.41) is 8.60. The second-order valence-electron chi connectivity index (χ2n) is 2.22. The molecular formula is C7H7NO2S. The molecule has 0 atom stereocenters. The molecule has 0 bridgehead atoms. The van der Waals surface area contributed by atoms with Crippen LogP contribution in [0.3, 0.4) is 0 Å². The summed E-state index contributed by atoms with van der Waals surface area (Å²) in [6, 6.07) is 1.54. The van der Waals surface area contributed by atoms with E-state index in [0.29, 0.717) is 0 Å². The summed E-state index contributed by atoms with van der Waals surface area (Å²) < 4.78 is 0.267. The highest BCUT2D eigenvalue weighted by Gasteiger charge is 2.04. The number of nitrogens with one attached hydrogen (secondary N) is 1. The van der Waals surface area contributed by atoms with Gasteiger partial charge in [0.15, 0.2) is 0 Å².